The topological polar surface area (TPSA) is 49.4 Å². The molecule has 0 radical (unpaired) electrons. The van der Waals surface area contributed by atoms with Crippen molar-refractivity contribution < 1.29 is 14.6 Å². The maximum Gasteiger partial charge on any atom is 0.137 e. The highest BCUT2D eigenvalue weighted by Crippen LogP contribution is 2.32. The summed E-state index contributed by atoms with van der Waals surface area (Å²) >= 11 is 6.59. The van der Waals surface area contributed by atoms with Crippen molar-refractivity contribution in [3.05, 3.63) is 26.6 Å². The van der Waals surface area contributed by atoms with Gasteiger partial charge in [0.2, 0.25) is 0 Å². The Kier molecular flexibility index (Phi) is 3.95. The lowest BCUT2D eigenvalue weighted by Crippen LogP contribution is -2.29. The lowest BCUT2D eigenvalue weighted by Gasteiger charge is -2.11. The largest absolute Gasteiger partial charge is 0.546 e. The Morgan fingerprint density at radius 3 is 2.64 bits per heavy atom. The summed E-state index contributed by atoms with van der Waals surface area (Å²) in [6, 6.07) is 3.63. The number of benzene rings is 1. The van der Waals surface area contributed by atoms with Gasteiger partial charge in [0.05, 0.1) is 10.4 Å². The zero-order valence-corrected chi connectivity index (χ0v) is 10.5. The molecule has 0 aromatic heterocycles. The lowest BCUT2D eigenvalue weighted by molar-refractivity contribution is -0.307. The molecule has 0 N–H and O–H groups in total. The van der Waals surface area contributed by atoms with Gasteiger partial charge in [-0.05, 0) is 40.5 Å². The molecule has 0 amide bonds. The summed E-state index contributed by atoms with van der Waals surface area (Å²) in [5.74, 6) is -0.711. The molecule has 3 nitrogen and oxygen atoms in total. The molecule has 0 bridgehead atoms. The van der Waals surface area contributed by atoms with Crippen molar-refractivity contribution in [1.29, 1.82) is 0 Å². The van der Waals surface area contributed by atoms with Gasteiger partial charge in [0.15, 0.2) is 0 Å². The maximum atomic E-state index is 10.2. The monoisotopic (exact) mass is 321 g/mol. The van der Waals surface area contributed by atoms with Crippen molar-refractivity contribution in [3.63, 3.8) is 0 Å². The highest BCUT2D eigenvalue weighted by atomic mass is 79.9. The van der Waals surface area contributed by atoms with E-state index in [4.69, 9.17) is 4.74 Å². The molecule has 1 aromatic rings. The Balaban J connectivity index is 2.91. The maximum absolute atomic E-state index is 10.2. The van der Waals surface area contributed by atoms with E-state index >= 15 is 0 Å². The molecule has 0 aliphatic heterocycles. The van der Waals surface area contributed by atoms with Gasteiger partial charge >= 0.3 is 0 Å². The van der Waals surface area contributed by atoms with Crippen molar-refractivity contribution in [2.75, 3.05) is 6.61 Å². The van der Waals surface area contributed by atoms with Crippen molar-refractivity contribution in [2.24, 2.45) is 0 Å². The molecule has 5 heteroatoms. The van der Waals surface area contributed by atoms with Crippen LogP contribution in [0.5, 0.6) is 5.75 Å². The number of hydrogen-bond acceptors (Lipinski definition) is 3. The molecule has 0 aliphatic carbocycles. The smallest absolute Gasteiger partial charge is 0.137 e. The van der Waals surface area contributed by atoms with Crippen LogP contribution in [0.3, 0.4) is 0 Å². The third-order valence-corrected chi connectivity index (χ3v) is 2.58. The molecular weight excluding hydrogens is 316 g/mol. The molecule has 14 heavy (non-hydrogen) atoms. The molecular formula is C9H7Br2O3-. The zero-order valence-electron chi connectivity index (χ0n) is 7.34. The average Bonchev–Trinajstić information content (AvgIpc) is 2.01. The number of aryl methyl sites for hydroxylation is 1. The van der Waals surface area contributed by atoms with Gasteiger partial charge in [0, 0.05) is 4.47 Å². The van der Waals surface area contributed by atoms with Crippen LogP contribution in [0.1, 0.15) is 5.56 Å². The van der Waals surface area contributed by atoms with Crippen molar-refractivity contribution in [2.45, 2.75) is 6.92 Å². The Bertz CT molecular complexity index is 340. The quantitative estimate of drug-likeness (QED) is 0.850. The Morgan fingerprint density at radius 2 is 2.14 bits per heavy atom. The molecule has 0 saturated heterocycles. The summed E-state index contributed by atoms with van der Waals surface area (Å²) < 4.78 is 6.67. The number of aliphatic carboxylic acids is 1. The van der Waals surface area contributed by atoms with Gasteiger partial charge in [-0.15, -0.1) is 0 Å². The molecule has 0 saturated carbocycles. The fourth-order valence-electron chi connectivity index (χ4n) is 1.00. The average molecular weight is 323 g/mol. The first-order chi connectivity index (χ1) is 6.50. The van der Waals surface area contributed by atoms with Crippen molar-refractivity contribution in [1.82, 2.24) is 0 Å². The van der Waals surface area contributed by atoms with E-state index in [2.05, 4.69) is 31.9 Å². The fraction of sp³-hybridized carbons (Fsp3) is 0.222. The summed E-state index contributed by atoms with van der Waals surface area (Å²) in [6.07, 6.45) is 0. The van der Waals surface area contributed by atoms with Crippen LogP contribution in [0.15, 0.2) is 21.1 Å². The Labute approximate surface area is 98.3 Å². The van der Waals surface area contributed by atoms with E-state index in [0.717, 1.165) is 10.0 Å². The van der Waals surface area contributed by atoms with E-state index in [1.807, 2.05) is 13.0 Å². The normalized spacial score (nSPS) is 9.93. The molecule has 0 fully saturated rings. The fourth-order valence-corrected chi connectivity index (χ4v) is 2.56. The molecule has 1 rings (SSSR count). The third kappa shape index (κ3) is 2.99. The summed E-state index contributed by atoms with van der Waals surface area (Å²) in [7, 11) is 0. The highest BCUT2D eigenvalue weighted by Gasteiger charge is 2.06. The summed E-state index contributed by atoms with van der Waals surface area (Å²) in [4.78, 5) is 10.2. The number of halogens is 2. The van der Waals surface area contributed by atoms with Crippen molar-refractivity contribution >= 4 is 37.8 Å². The number of ether oxygens (including phenoxy) is 1. The predicted molar refractivity (Wildman–Crippen MR) is 57.1 cm³/mol. The van der Waals surface area contributed by atoms with Crippen LogP contribution in [0.25, 0.3) is 0 Å². The zero-order chi connectivity index (χ0) is 10.7. The van der Waals surface area contributed by atoms with Crippen LogP contribution in [0.2, 0.25) is 0 Å². The highest BCUT2D eigenvalue weighted by molar-refractivity contribution is 9.11. The first kappa shape index (κ1) is 11.5. The molecule has 76 valence electrons. The minimum absolute atomic E-state index is 0.443. The Hall–Kier alpha value is -0.550. The van der Waals surface area contributed by atoms with E-state index in [1.165, 1.54) is 0 Å². The van der Waals surface area contributed by atoms with Crippen LogP contribution in [0.4, 0.5) is 0 Å². The van der Waals surface area contributed by atoms with Gasteiger partial charge < -0.3 is 14.6 Å². The van der Waals surface area contributed by atoms with Crippen LogP contribution < -0.4 is 9.84 Å². The van der Waals surface area contributed by atoms with E-state index in [-0.39, 0.29) is 0 Å². The van der Waals surface area contributed by atoms with Crippen LogP contribution in [-0.2, 0) is 4.79 Å². The van der Waals surface area contributed by atoms with Gasteiger partial charge in [-0.1, -0.05) is 15.9 Å². The lowest BCUT2D eigenvalue weighted by atomic mass is 10.2. The number of rotatable bonds is 3. The summed E-state index contributed by atoms with van der Waals surface area (Å²) in [5, 5.41) is 10.2. The van der Waals surface area contributed by atoms with Gasteiger partial charge in [0.1, 0.15) is 12.4 Å². The summed E-state index contributed by atoms with van der Waals surface area (Å²) in [6.45, 7) is 1.39. The van der Waals surface area contributed by atoms with Gasteiger partial charge in [-0.3, -0.25) is 0 Å². The van der Waals surface area contributed by atoms with Crippen LogP contribution in [0, 0.1) is 6.92 Å². The second-order valence-electron chi connectivity index (χ2n) is 2.69. The minimum Gasteiger partial charge on any atom is -0.546 e. The van der Waals surface area contributed by atoms with E-state index < -0.39 is 12.6 Å². The number of carboxylic acids is 1. The van der Waals surface area contributed by atoms with Gasteiger partial charge in [-0.25, -0.2) is 0 Å². The molecule has 0 spiro atoms. The van der Waals surface area contributed by atoms with Crippen molar-refractivity contribution in [3.8, 4) is 5.75 Å². The first-order valence-corrected chi connectivity index (χ1v) is 5.37. The molecule has 1 aromatic carbocycles. The van der Waals surface area contributed by atoms with Crippen LogP contribution >= 0.6 is 31.9 Å². The standard InChI is InChI=1S/C9H8Br2O3/c1-5-2-6(10)3-7(11)9(5)14-4-8(12)13/h2-3H,4H2,1H3,(H,12,13)/p-1. The number of carboxylic acid groups (broad SMARTS) is 1. The minimum atomic E-state index is -1.24. The van der Waals surface area contributed by atoms with Crippen LogP contribution in [-0.4, -0.2) is 12.6 Å². The third-order valence-electron chi connectivity index (χ3n) is 1.53. The first-order valence-electron chi connectivity index (χ1n) is 3.79. The molecule has 0 unspecified atom stereocenters. The second-order valence-corrected chi connectivity index (χ2v) is 4.46. The molecule has 0 heterocycles. The molecule has 0 atom stereocenters. The predicted octanol–water partition coefficient (Wildman–Crippen LogP) is 1.65. The SMILES string of the molecule is Cc1cc(Br)cc(Br)c1OCC(=O)[O-]. The van der Waals surface area contributed by atoms with Gasteiger partial charge in [0.25, 0.3) is 0 Å². The Morgan fingerprint density at radius 1 is 1.50 bits per heavy atom. The molecule has 0 aliphatic rings. The van der Waals surface area contributed by atoms with Gasteiger partial charge in [-0.2, -0.15) is 0 Å². The van der Waals surface area contributed by atoms with E-state index in [9.17, 15) is 9.90 Å². The van der Waals surface area contributed by atoms with E-state index in [1.54, 1.807) is 6.07 Å². The summed E-state index contributed by atoms with van der Waals surface area (Å²) in [5.41, 5.74) is 0.854. The van der Waals surface area contributed by atoms with E-state index in [0.29, 0.717) is 10.2 Å². The number of carbonyl (C=O) groups excluding carboxylic acids is 1. The number of hydrogen-bond donors (Lipinski definition) is 0. The second kappa shape index (κ2) is 4.79. The number of carbonyl (C=O) groups is 1.